The largest absolute Gasteiger partial charge is 0.462 e. The van der Waals surface area contributed by atoms with E-state index in [1.807, 2.05) is 0 Å². The van der Waals surface area contributed by atoms with Crippen molar-refractivity contribution in [1.29, 1.82) is 0 Å². The van der Waals surface area contributed by atoms with E-state index in [2.05, 4.69) is 20.8 Å². The molecule has 0 saturated carbocycles. The number of hydrogen-bond acceptors (Lipinski definition) is 7. The molecule has 0 saturated heterocycles. The number of aromatic nitrogens is 3. The van der Waals surface area contributed by atoms with Crippen LogP contribution in [0.2, 0.25) is 5.02 Å². The molecule has 0 atom stereocenters. The van der Waals surface area contributed by atoms with Gasteiger partial charge in [0.05, 0.1) is 40.7 Å². The number of hydrogen-bond donors (Lipinski definition) is 2. The second-order valence-corrected chi connectivity index (χ2v) is 8.22. The molecule has 0 aliphatic carbocycles. The lowest BCUT2D eigenvalue weighted by Crippen LogP contribution is -2.25. The fraction of sp³-hybridized carbons (Fsp3) is 0.227. The zero-order valence-corrected chi connectivity index (χ0v) is 19.9. The summed E-state index contributed by atoms with van der Waals surface area (Å²) < 4.78 is 20.3. The van der Waals surface area contributed by atoms with Gasteiger partial charge >= 0.3 is 5.97 Å². The summed E-state index contributed by atoms with van der Waals surface area (Å²) in [5.74, 6) is -1.65. The van der Waals surface area contributed by atoms with Crippen LogP contribution < -0.4 is 10.6 Å². The van der Waals surface area contributed by atoms with Gasteiger partial charge in [-0.1, -0.05) is 35.5 Å². The topological polar surface area (TPSA) is 115 Å². The number of ether oxygens (including phenoxy) is 1. The highest BCUT2D eigenvalue weighted by molar-refractivity contribution is 7.99. The Hall–Kier alpha value is -3.44. The summed E-state index contributed by atoms with van der Waals surface area (Å²) in [5.41, 5.74) is 0.485. The zero-order valence-electron chi connectivity index (χ0n) is 18.3. The van der Waals surface area contributed by atoms with Crippen LogP contribution in [0.4, 0.5) is 10.1 Å². The molecule has 178 valence electrons. The first-order valence-electron chi connectivity index (χ1n) is 10.1. The molecule has 9 nitrogen and oxygen atoms in total. The van der Waals surface area contributed by atoms with E-state index in [9.17, 15) is 18.8 Å². The molecule has 2 N–H and O–H groups in total. The number of halogens is 2. The van der Waals surface area contributed by atoms with E-state index in [0.29, 0.717) is 11.0 Å². The molecular weight excluding hydrogens is 485 g/mol. The van der Waals surface area contributed by atoms with Gasteiger partial charge in [-0.3, -0.25) is 9.59 Å². The summed E-state index contributed by atoms with van der Waals surface area (Å²) in [6.45, 7) is 1.95. The van der Waals surface area contributed by atoms with E-state index in [1.54, 1.807) is 24.6 Å². The van der Waals surface area contributed by atoms with Crippen LogP contribution in [0.3, 0.4) is 0 Å². The minimum absolute atomic E-state index is 0.00643. The van der Waals surface area contributed by atoms with Gasteiger partial charge in [-0.25, -0.2) is 9.18 Å². The summed E-state index contributed by atoms with van der Waals surface area (Å²) in [6, 6.07) is 10.1. The second kappa shape index (κ2) is 11.6. The first kappa shape index (κ1) is 25.2. The number of carbonyl (C=O) groups is 3. The van der Waals surface area contributed by atoms with Gasteiger partial charge in [-0.15, -0.1) is 10.2 Å². The molecule has 12 heteroatoms. The maximum atomic E-state index is 13.7. The maximum Gasteiger partial charge on any atom is 0.338 e. The molecule has 3 rings (SSSR count). The average Bonchev–Trinajstić information content (AvgIpc) is 3.17. The molecule has 1 heterocycles. The van der Waals surface area contributed by atoms with Crippen LogP contribution in [-0.4, -0.2) is 44.9 Å². The van der Waals surface area contributed by atoms with Crippen molar-refractivity contribution in [2.75, 3.05) is 17.7 Å². The number of benzene rings is 2. The Morgan fingerprint density at radius 2 is 1.94 bits per heavy atom. The van der Waals surface area contributed by atoms with Crippen molar-refractivity contribution in [3.8, 4) is 0 Å². The van der Waals surface area contributed by atoms with Gasteiger partial charge in [0.1, 0.15) is 5.82 Å². The van der Waals surface area contributed by atoms with Gasteiger partial charge in [0.25, 0.3) is 5.91 Å². The van der Waals surface area contributed by atoms with E-state index in [1.165, 1.54) is 36.4 Å². The van der Waals surface area contributed by atoms with E-state index in [4.69, 9.17) is 16.3 Å². The van der Waals surface area contributed by atoms with E-state index in [0.717, 1.165) is 11.8 Å². The van der Waals surface area contributed by atoms with Crippen LogP contribution in [0.25, 0.3) is 0 Å². The highest BCUT2D eigenvalue weighted by atomic mass is 35.5. The highest BCUT2D eigenvalue weighted by Crippen LogP contribution is 2.24. The van der Waals surface area contributed by atoms with Gasteiger partial charge < -0.3 is 19.9 Å². The van der Waals surface area contributed by atoms with E-state index >= 15 is 0 Å². The molecule has 0 spiro atoms. The minimum atomic E-state index is -0.617. The maximum absolute atomic E-state index is 13.7. The molecule has 0 fully saturated rings. The lowest BCUT2D eigenvalue weighted by Gasteiger charge is -2.09. The summed E-state index contributed by atoms with van der Waals surface area (Å²) in [7, 11) is 1.69. The Balaban J connectivity index is 1.56. The molecule has 0 bridgehead atoms. The predicted molar refractivity (Wildman–Crippen MR) is 125 cm³/mol. The first-order chi connectivity index (χ1) is 16.3. The van der Waals surface area contributed by atoms with Crippen molar-refractivity contribution in [2.45, 2.75) is 18.6 Å². The number of nitrogens with one attached hydrogen (secondary N) is 2. The van der Waals surface area contributed by atoms with Crippen LogP contribution in [0.1, 0.15) is 33.5 Å². The van der Waals surface area contributed by atoms with E-state index < -0.39 is 17.7 Å². The van der Waals surface area contributed by atoms with Crippen molar-refractivity contribution in [3.05, 3.63) is 70.3 Å². The number of esters is 1. The van der Waals surface area contributed by atoms with Crippen molar-refractivity contribution in [2.24, 2.45) is 7.05 Å². The number of carbonyl (C=O) groups excluding carboxylic acids is 3. The molecule has 2 aromatic carbocycles. The summed E-state index contributed by atoms with van der Waals surface area (Å²) in [5, 5.41) is 14.0. The standard InChI is InChI=1S/C22H21ClFN5O4S/c1-3-33-21(32)13-8-9-15(23)17(10-13)26-19(30)12-34-22-28-27-18(29(22)2)11-25-20(31)14-6-4-5-7-16(14)24/h4-10H,3,11-12H2,1-2H3,(H,25,31)(H,26,30). The van der Waals surface area contributed by atoms with Crippen LogP contribution in [0, 0.1) is 5.82 Å². The molecule has 0 aliphatic heterocycles. The molecule has 34 heavy (non-hydrogen) atoms. The molecule has 1 aromatic heterocycles. The molecule has 2 amide bonds. The third kappa shape index (κ3) is 6.33. The normalized spacial score (nSPS) is 10.6. The molecule has 0 aliphatic rings. The van der Waals surface area contributed by atoms with Crippen LogP contribution in [-0.2, 0) is 23.1 Å². The quantitative estimate of drug-likeness (QED) is 0.338. The lowest BCUT2D eigenvalue weighted by atomic mass is 10.2. The lowest BCUT2D eigenvalue weighted by molar-refractivity contribution is -0.113. The summed E-state index contributed by atoms with van der Waals surface area (Å²) in [4.78, 5) is 36.5. The molecular formula is C22H21ClFN5O4S. The number of nitrogens with zero attached hydrogens (tertiary/aromatic N) is 3. The average molecular weight is 506 g/mol. The van der Waals surface area contributed by atoms with Gasteiger partial charge in [0, 0.05) is 7.05 Å². The molecule has 0 radical (unpaired) electrons. The Kier molecular flexibility index (Phi) is 8.61. The van der Waals surface area contributed by atoms with Gasteiger partial charge in [0.15, 0.2) is 11.0 Å². The van der Waals surface area contributed by atoms with Crippen LogP contribution in [0.15, 0.2) is 47.6 Å². The van der Waals surface area contributed by atoms with Crippen molar-refractivity contribution < 1.29 is 23.5 Å². The van der Waals surface area contributed by atoms with Gasteiger partial charge in [-0.2, -0.15) is 0 Å². The number of anilines is 1. The SMILES string of the molecule is CCOC(=O)c1ccc(Cl)c(NC(=O)CSc2nnc(CNC(=O)c3ccccc3F)n2C)c1. The number of amides is 2. The first-order valence-corrected chi connectivity index (χ1v) is 11.5. The Morgan fingerprint density at radius 1 is 1.18 bits per heavy atom. The number of thioether (sulfide) groups is 1. The summed E-state index contributed by atoms with van der Waals surface area (Å²) >= 11 is 7.25. The highest BCUT2D eigenvalue weighted by Gasteiger charge is 2.16. The van der Waals surface area contributed by atoms with Gasteiger partial charge in [0.2, 0.25) is 5.91 Å². The zero-order chi connectivity index (χ0) is 24.7. The van der Waals surface area contributed by atoms with Gasteiger partial charge in [-0.05, 0) is 37.3 Å². The monoisotopic (exact) mass is 505 g/mol. The van der Waals surface area contributed by atoms with Crippen molar-refractivity contribution in [1.82, 2.24) is 20.1 Å². The Morgan fingerprint density at radius 3 is 2.68 bits per heavy atom. The minimum Gasteiger partial charge on any atom is -0.462 e. The molecule has 0 unspecified atom stereocenters. The Labute approximate surface area is 204 Å². The Bertz CT molecular complexity index is 1220. The van der Waals surface area contributed by atoms with Crippen LogP contribution in [0.5, 0.6) is 0 Å². The molecule has 3 aromatic rings. The predicted octanol–water partition coefficient (Wildman–Crippen LogP) is 3.45. The fourth-order valence-electron chi connectivity index (χ4n) is 2.80. The summed E-state index contributed by atoms with van der Waals surface area (Å²) in [6.07, 6.45) is 0. The second-order valence-electron chi connectivity index (χ2n) is 6.87. The van der Waals surface area contributed by atoms with Crippen LogP contribution >= 0.6 is 23.4 Å². The third-order valence-electron chi connectivity index (χ3n) is 4.53. The third-order valence-corrected chi connectivity index (χ3v) is 5.88. The number of rotatable bonds is 9. The van der Waals surface area contributed by atoms with Crippen molar-refractivity contribution >= 4 is 46.8 Å². The fourth-order valence-corrected chi connectivity index (χ4v) is 3.70. The van der Waals surface area contributed by atoms with Crippen molar-refractivity contribution in [3.63, 3.8) is 0 Å². The van der Waals surface area contributed by atoms with E-state index in [-0.39, 0.29) is 46.6 Å². The smallest absolute Gasteiger partial charge is 0.338 e.